The molecule has 0 spiro atoms. The molecule has 1 N–H and O–H groups in total. The maximum atomic E-state index is 12.8. The van der Waals surface area contributed by atoms with Crippen molar-refractivity contribution in [3.63, 3.8) is 0 Å². The molecule has 34 heavy (non-hydrogen) atoms. The molecule has 184 valence electrons. The SMILES string of the molecule is COc1cc(OC)c(/C=C/S(=O)Cc2ccc(OC)c(NC(=O)CCOC(C)=O)c2)c(OC)c1. The predicted molar refractivity (Wildman–Crippen MR) is 130 cm³/mol. The maximum absolute atomic E-state index is 12.8. The molecule has 1 atom stereocenters. The van der Waals surface area contributed by atoms with Gasteiger partial charge >= 0.3 is 5.97 Å². The summed E-state index contributed by atoms with van der Waals surface area (Å²) >= 11 is 0. The molecule has 0 aliphatic carbocycles. The van der Waals surface area contributed by atoms with Crippen molar-refractivity contribution in [3.8, 4) is 23.0 Å². The zero-order chi connectivity index (χ0) is 25.1. The summed E-state index contributed by atoms with van der Waals surface area (Å²) in [6, 6.07) is 8.58. The van der Waals surface area contributed by atoms with Gasteiger partial charge in [-0.05, 0) is 23.8 Å². The molecule has 1 unspecified atom stereocenters. The molecule has 10 heteroatoms. The standard InChI is InChI=1S/C24H29NO8S/c1-16(26)33-10-8-24(27)25-20-12-17(6-7-21(20)30-3)15-34(28)11-9-19-22(31-4)13-18(29-2)14-23(19)32-5/h6-7,9,11-14H,8,10,15H2,1-5H3,(H,25,27)/b11-9+. The van der Waals surface area contributed by atoms with Gasteiger partial charge in [-0.25, -0.2) is 0 Å². The van der Waals surface area contributed by atoms with Crippen LogP contribution < -0.4 is 24.3 Å². The van der Waals surface area contributed by atoms with E-state index in [1.54, 1.807) is 48.9 Å². The minimum atomic E-state index is -1.37. The highest BCUT2D eigenvalue weighted by atomic mass is 32.2. The zero-order valence-corrected chi connectivity index (χ0v) is 20.7. The first-order chi connectivity index (χ1) is 16.3. The van der Waals surface area contributed by atoms with E-state index >= 15 is 0 Å². The van der Waals surface area contributed by atoms with Crippen LogP contribution in [0.4, 0.5) is 5.69 Å². The van der Waals surface area contributed by atoms with Gasteiger partial charge in [0.1, 0.15) is 29.6 Å². The number of methoxy groups -OCH3 is 4. The number of ether oxygens (including phenoxy) is 5. The summed E-state index contributed by atoms with van der Waals surface area (Å²) < 4.78 is 38.9. The van der Waals surface area contributed by atoms with Crippen LogP contribution in [0.2, 0.25) is 0 Å². The van der Waals surface area contributed by atoms with E-state index in [0.717, 1.165) is 5.56 Å². The maximum Gasteiger partial charge on any atom is 0.302 e. The lowest BCUT2D eigenvalue weighted by atomic mass is 10.1. The molecule has 9 nitrogen and oxygen atoms in total. The third-order valence-electron chi connectivity index (χ3n) is 4.62. The van der Waals surface area contributed by atoms with E-state index in [0.29, 0.717) is 34.2 Å². The molecule has 0 saturated carbocycles. The molecule has 0 aromatic heterocycles. The van der Waals surface area contributed by atoms with Crippen LogP contribution in [0.5, 0.6) is 23.0 Å². The summed E-state index contributed by atoms with van der Waals surface area (Å²) in [5.41, 5.74) is 1.80. The Morgan fingerprint density at radius 1 is 0.941 bits per heavy atom. The summed E-state index contributed by atoms with van der Waals surface area (Å²) in [5.74, 6) is 1.49. The first kappa shape index (κ1) is 26.7. The van der Waals surface area contributed by atoms with Gasteiger partial charge in [0.15, 0.2) is 0 Å². The smallest absolute Gasteiger partial charge is 0.302 e. The van der Waals surface area contributed by atoms with Crippen molar-refractivity contribution in [3.05, 3.63) is 46.9 Å². The van der Waals surface area contributed by atoms with Gasteiger partial charge < -0.3 is 29.0 Å². The number of anilines is 1. The average Bonchev–Trinajstić information content (AvgIpc) is 2.82. The van der Waals surface area contributed by atoms with E-state index < -0.39 is 16.8 Å². The highest BCUT2D eigenvalue weighted by molar-refractivity contribution is 7.87. The molecule has 1 amide bonds. The van der Waals surface area contributed by atoms with Gasteiger partial charge in [-0.2, -0.15) is 0 Å². The normalized spacial score (nSPS) is 11.6. The van der Waals surface area contributed by atoms with Crippen LogP contribution in [-0.2, 0) is 30.9 Å². The van der Waals surface area contributed by atoms with Gasteiger partial charge in [0.25, 0.3) is 0 Å². The van der Waals surface area contributed by atoms with Crippen LogP contribution in [0.3, 0.4) is 0 Å². The number of rotatable bonds is 12. The van der Waals surface area contributed by atoms with Crippen molar-refractivity contribution >= 4 is 34.4 Å². The third-order valence-corrected chi connectivity index (χ3v) is 5.68. The van der Waals surface area contributed by atoms with Crippen molar-refractivity contribution in [2.24, 2.45) is 0 Å². The highest BCUT2D eigenvalue weighted by Crippen LogP contribution is 2.35. The van der Waals surface area contributed by atoms with Gasteiger partial charge in [-0.3, -0.25) is 13.8 Å². The van der Waals surface area contributed by atoms with E-state index in [2.05, 4.69) is 5.32 Å². The summed E-state index contributed by atoms with van der Waals surface area (Å²) in [4.78, 5) is 23.0. The molecule has 2 rings (SSSR count). The lowest BCUT2D eigenvalue weighted by Gasteiger charge is -2.13. The van der Waals surface area contributed by atoms with Crippen LogP contribution in [0.15, 0.2) is 35.7 Å². The second-order valence-electron chi connectivity index (χ2n) is 6.95. The fraction of sp³-hybridized carbons (Fsp3) is 0.333. The topological polar surface area (TPSA) is 109 Å². The van der Waals surface area contributed by atoms with Crippen LogP contribution in [-0.4, -0.2) is 51.1 Å². The Kier molecular flexibility index (Phi) is 10.4. The highest BCUT2D eigenvalue weighted by Gasteiger charge is 2.13. The molecule has 0 radical (unpaired) electrons. The molecule has 0 aliphatic heterocycles. The third kappa shape index (κ3) is 7.80. The minimum Gasteiger partial charge on any atom is -0.496 e. The predicted octanol–water partition coefficient (Wildman–Crippen LogP) is 3.53. The van der Waals surface area contributed by atoms with E-state index in [4.69, 9.17) is 23.7 Å². The summed E-state index contributed by atoms with van der Waals surface area (Å²) in [6.45, 7) is 1.26. The van der Waals surface area contributed by atoms with Gasteiger partial charge in [-0.1, -0.05) is 6.07 Å². The summed E-state index contributed by atoms with van der Waals surface area (Å²) in [7, 11) is 4.72. The van der Waals surface area contributed by atoms with E-state index in [1.165, 1.54) is 28.3 Å². The summed E-state index contributed by atoms with van der Waals surface area (Å²) in [6.07, 6.45) is 1.68. The van der Waals surface area contributed by atoms with Crippen molar-refractivity contribution < 1.29 is 37.5 Å². The lowest BCUT2D eigenvalue weighted by Crippen LogP contribution is -2.16. The van der Waals surface area contributed by atoms with E-state index in [9.17, 15) is 13.8 Å². The van der Waals surface area contributed by atoms with Crippen LogP contribution in [0.1, 0.15) is 24.5 Å². The Balaban J connectivity index is 2.14. The number of benzene rings is 2. The molecule has 0 saturated heterocycles. The Labute approximate surface area is 201 Å². The van der Waals surface area contributed by atoms with Crippen LogP contribution in [0, 0.1) is 0 Å². The quantitative estimate of drug-likeness (QED) is 0.449. The number of esters is 1. The number of carbonyl (C=O) groups excluding carboxylic acids is 2. The largest absolute Gasteiger partial charge is 0.496 e. The van der Waals surface area contributed by atoms with Crippen molar-refractivity contribution in [2.75, 3.05) is 40.4 Å². The molecule has 0 fully saturated rings. The first-order valence-electron chi connectivity index (χ1n) is 10.3. The Morgan fingerprint density at radius 3 is 2.15 bits per heavy atom. The van der Waals surface area contributed by atoms with E-state index in [1.807, 2.05) is 0 Å². The molecule has 0 bridgehead atoms. The molecule has 2 aromatic carbocycles. The number of amides is 1. The zero-order valence-electron chi connectivity index (χ0n) is 19.8. The molecule has 2 aromatic rings. The minimum absolute atomic E-state index is 0.00710. The number of hydrogen-bond acceptors (Lipinski definition) is 8. The molecule has 0 aliphatic rings. The molecule has 0 heterocycles. The fourth-order valence-electron chi connectivity index (χ4n) is 3.00. The fourth-order valence-corrected chi connectivity index (χ4v) is 3.89. The van der Waals surface area contributed by atoms with Gasteiger partial charge in [-0.15, -0.1) is 0 Å². The second-order valence-corrected chi connectivity index (χ2v) is 8.27. The number of carbonyl (C=O) groups is 2. The van der Waals surface area contributed by atoms with Crippen LogP contribution >= 0.6 is 0 Å². The van der Waals surface area contributed by atoms with Gasteiger partial charge in [0.05, 0.1) is 62.7 Å². The molecular weight excluding hydrogens is 462 g/mol. The van der Waals surface area contributed by atoms with Gasteiger partial charge in [0, 0.05) is 24.5 Å². The molecular formula is C24H29NO8S. The Morgan fingerprint density at radius 2 is 1.59 bits per heavy atom. The summed E-state index contributed by atoms with van der Waals surface area (Å²) in [5, 5.41) is 4.28. The number of hydrogen-bond donors (Lipinski definition) is 1. The average molecular weight is 492 g/mol. The van der Waals surface area contributed by atoms with Crippen molar-refractivity contribution in [1.29, 1.82) is 0 Å². The Hall–Kier alpha value is -3.53. The number of nitrogens with one attached hydrogen (secondary N) is 1. The van der Waals surface area contributed by atoms with Gasteiger partial charge in [0.2, 0.25) is 5.91 Å². The lowest BCUT2D eigenvalue weighted by molar-refractivity contribution is -0.141. The van der Waals surface area contributed by atoms with Crippen LogP contribution in [0.25, 0.3) is 6.08 Å². The van der Waals surface area contributed by atoms with E-state index in [-0.39, 0.29) is 24.7 Å². The Bertz CT molecular complexity index is 1040. The second kappa shape index (κ2) is 13.2. The monoisotopic (exact) mass is 491 g/mol. The first-order valence-corrected chi connectivity index (χ1v) is 11.6. The van der Waals surface area contributed by atoms with Crippen molar-refractivity contribution in [1.82, 2.24) is 0 Å². The van der Waals surface area contributed by atoms with Crippen molar-refractivity contribution in [2.45, 2.75) is 19.1 Å².